The van der Waals surface area contributed by atoms with E-state index in [1.165, 1.54) is 0 Å². The van der Waals surface area contributed by atoms with Crippen LogP contribution in [0, 0.1) is 13.8 Å². The Labute approximate surface area is 162 Å². The van der Waals surface area contributed by atoms with E-state index in [2.05, 4.69) is 29.0 Å². The van der Waals surface area contributed by atoms with Gasteiger partial charge in [0.25, 0.3) is 0 Å². The van der Waals surface area contributed by atoms with Crippen LogP contribution in [0.4, 0.5) is 0 Å². The minimum atomic E-state index is -0.112. The van der Waals surface area contributed by atoms with Crippen molar-refractivity contribution in [3.8, 4) is 16.9 Å². The molecule has 1 unspecified atom stereocenters. The molecule has 0 amide bonds. The van der Waals surface area contributed by atoms with Crippen molar-refractivity contribution in [2.45, 2.75) is 46.6 Å². The third-order valence-electron chi connectivity index (χ3n) is 5.31. The Morgan fingerprint density at radius 3 is 2.75 bits per heavy atom. The average molecular weight is 380 g/mol. The minimum Gasteiger partial charge on any atom is -0.496 e. The van der Waals surface area contributed by atoms with Crippen LogP contribution in [-0.2, 0) is 0 Å². The average Bonchev–Trinajstić information content (AvgIpc) is 3.19. The molecular weight excluding hydrogens is 356 g/mol. The lowest BCUT2D eigenvalue weighted by atomic mass is 10.0. The normalized spacial score (nSPS) is 12.8. The molecule has 1 aromatic carbocycles. The summed E-state index contributed by atoms with van der Waals surface area (Å²) in [6.07, 6.45) is 3.64. The molecule has 0 spiro atoms. The zero-order valence-electron chi connectivity index (χ0n) is 16.8. The van der Waals surface area contributed by atoms with E-state index < -0.39 is 0 Å². The van der Waals surface area contributed by atoms with Gasteiger partial charge in [0.05, 0.1) is 41.1 Å². The minimum absolute atomic E-state index is 0.0880. The van der Waals surface area contributed by atoms with Gasteiger partial charge in [0.15, 0.2) is 0 Å². The molecule has 28 heavy (non-hydrogen) atoms. The number of ether oxygens (including phenoxy) is 1. The number of rotatable bonds is 5. The van der Waals surface area contributed by atoms with E-state index in [1.807, 2.05) is 30.5 Å². The molecule has 7 heteroatoms. The summed E-state index contributed by atoms with van der Waals surface area (Å²) < 4.78 is 12.9. The zero-order chi connectivity index (χ0) is 20.0. The highest BCUT2D eigenvalue weighted by molar-refractivity contribution is 6.04. The lowest BCUT2D eigenvalue weighted by Gasteiger charge is -2.15. The Kier molecular flexibility index (Phi) is 4.45. The van der Waals surface area contributed by atoms with Crippen LogP contribution in [0.25, 0.3) is 33.1 Å². The summed E-state index contributed by atoms with van der Waals surface area (Å²) in [7, 11) is 1.64. The molecule has 0 aliphatic carbocycles. The molecule has 4 rings (SSSR count). The summed E-state index contributed by atoms with van der Waals surface area (Å²) in [5.41, 5.74) is 4.85. The molecule has 3 heterocycles. The number of fused-ring (bicyclic) bond motifs is 3. The van der Waals surface area contributed by atoms with E-state index in [9.17, 15) is 4.79 Å². The molecule has 0 radical (unpaired) electrons. The first-order valence-corrected chi connectivity index (χ1v) is 9.50. The fourth-order valence-electron chi connectivity index (χ4n) is 4.03. The van der Waals surface area contributed by atoms with Crippen molar-refractivity contribution < 1.29 is 9.26 Å². The number of H-pyrrole nitrogens is 1. The van der Waals surface area contributed by atoms with Gasteiger partial charge in [-0.15, -0.1) is 0 Å². The number of imidazole rings is 1. The van der Waals surface area contributed by atoms with Crippen LogP contribution in [0.15, 0.2) is 27.6 Å². The fraction of sp³-hybridized carbons (Fsp3) is 0.381. The lowest BCUT2D eigenvalue weighted by Crippen LogP contribution is -2.20. The van der Waals surface area contributed by atoms with Crippen molar-refractivity contribution >= 4 is 21.9 Å². The monoisotopic (exact) mass is 380 g/mol. The second kappa shape index (κ2) is 6.82. The molecule has 0 bridgehead atoms. The first kappa shape index (κ1) is 18.3. The molecule has 0 aliphatic rings. The maximum absolute atomic E-state index is 12.6. The van der Waals surface area contributed by atoms with Gasteiger partial charge in [-0.1, -0.05) is 18.5 Å². The van der Waals surface area contributed by atoms with Gasteiger partial charge in [-0.3, -0.25) is 9.55 Å². The third kappa shape index (κ3) is 2.69. The van der Waals surface area contributed by atoms with Gasteiger partial charge >= 0.3 is 5.69 Å². The number of methoxy groups -OCH3 is 1. The number of aromatic amines is 1. The zero-order valence-corrected chi connectivity index (χ0v) is 16.8. The van der Waals surface area contributed by atoms with Gasteiger partial charge in [0.2, 0.25) is 0 Å². The van der Waals surface area contributed by atoms with Crippen LogP contribution in [0.3, 0.4) is 0 Å². The van der Waals surface area contributed by atoms with Crippen molar-refractivity contribution in [1.82, 2.24) is 19.7 Å². The molecule has 1 N–H and O–H groups in total. The van der Waals surface area contributed by atoms with Crippen LogP contribution < -0.4 is 10.4 Å². The number of pyridine rings is 1. The SMILES string of the molecule is CCCC(C)n1c(=O)[nH]c2cnc3cc(-c4c(C)noc4C)c(OC)cc3c21. The van der Waals surface area contributed by atoms with Crippen molar-refractivity contribution in [2.24, 2.45) is 0 Å². The Morgan fingerprint density at radius 1 is 1.32 bits per heavy atom. The first-order chi connectivity index (χ1) is 13.5. The van der Waals surface area contributed by atoms with Crippen molar-refractivity contribution in [2.75, 3.05) is 7.11 Å². The fourth-order valence-corrected chi connectivity index (χ4v) is 4.03. The van der Waals surface area contributed by atoms with Crippen LogP contribution in [0.2, 0.25) is 0 Å². The van der Waals surface area contributed by atoms with E-state index in [4.69, 9.17) is 9.26 Å². The molecule has 7 nitrogen and oxygen atoms in total. The third-order valence-corrected chi connectivity index (χ3v) is 5.31. The number of benzene rings is 1. The summed E-state index contributed by atoms with van der Waals surface area (Å²) in [6.45, 7) is 7.98. The predicted octanol–water partition coefficient (Wildman–Crippen LogP) is 4.52. The summed E-state index contributed by atoms with van der Waals surface area (Å²) in [6, 6.07) is 4.02. The highest BCUT2D eigenvalue weighted by atomic mass is 16.5. The number of hydrogen-bond donors (Lipinski definition) is 1. The number of nitrogens with one attached hydrogen (secondary N) is 1. The highest BCUT2D eigenvalue weighted by Gasteiger charge is 2.20. The molecule has 146 valence electrons. The van der Waals surface area contributed by atoms with Crippen LogP contribution >= 0.6 is 0 Å². The second-order valence-corrected chi connectivity index (χ2v) is 7.23. The summed E-state index contributed by atoms with van der Waals surface area (Å²) in [5.74, 6) is 1.42. The van der Waals surface area contributed by atoms with E-state index >= 15 is 0 Å². The number of aryl methyl sites for hydroxylation is 2. The summed E-state index contributed by atoms with van der Waals surface area (Å²) in [5, 5.41) is 4.94. The van der Waals surface area contributed by atoms with Gasteiger partial charge in [-0.2, -0.15) is 0 Å². The summed E-state index contributed by atoms with van der Waals surface area (Å²) >= 11 is 0. The molecular formula is C21H24N4O3. The Bertz CT molecular complexity index is 1210. The van der Waals surface area contributed by atoms with Gasteiger partial charge in [0, 0.05) is 17.0 Å². The number of nitrogens with zero attached hydrogens (tertiary/aromatic N) is 3. The topological polar surface area (TPSA) is 85.9 Å². The van der Waals surface area contributed by atoms with E-state index in [1.54, 1.807) is 13.3 Å². The Balaban J connectivity index is 2.06. The molecule has 4 aromatic rings. The van der Waals surface area contributed by atoms with Crippen LogP contribution in [-0.4, -0.2) is 26.8 Å². The number of aromatic nitrogens is 4. The van der Waals surface area contributed by atoms with Crippen molar-refractivity contribution in [3.63, 3.8) is 0 Å². The molecule has 3 aromatic heterocycles. The Hall–Kier alpha value is -3.09. The van der Waals surface area contributed by atoms with Gasteiger partial charge in [-0.25, -0.2) is 4.79 Å². The molecule has 0 aliphatic heterocycles. The lowest BCUT2D eigenvalue weighted by molar-refractivity contribution is 0.393. The van der Waals surface area contributed by atoms with E-state index in [-0.39, 0.29) is 11.7 Å². The van der Waals surface area contributed by atoms with E-state index in [0.29, 0.717) is 5.75 Å². The van der Waals surface area contributed by atoms with Gasteiger partial charge < -0.3 is 14.2 Å². The predicted molar refractivity (Wildman–Crippen MR) is 109 cm³/mol. The Morgan fingerprint density at radius 2 is 2.11 bits per heavy atom. The molecule has 0 saturated carbocycles. The summed E-state index contributed by atoms with van der Waals surface area (Å²) in [4.78, 5) is 20.1. The van der Waals surface area contributed by atoms with Gasteiger partial charge in [0.1, 0.15) is 11.5 Å². The second-order valence-electron chi connectivity index (χ2n) is 7.23. The number of hydrogen-bond acceptors (Lipinski definition) is 5. The maximum atomic E-state index is 12.6. The first-order valence-electron chi connectivity index (χ1n) is 9.50. The smallest absolute Gasteiger partial charge is 0.326 e. The van der Waals surface area contributed by atoms with Gasteiger partial charge in [-0.05, 0) is 39.3 Å². The standard InChI is InChI=1S/C21H24N4O3/c1-6-7-11(2)25-20-14-9-18(27-5)15(19-12(3)24-28-13(19)4)8-16(14)22-10-17(20)23-21(25)26/h8-11H,6-7H2,1-5H3,(H,23,26). The largest absolute Gasteiger partial charge is 0.496 e. The van der Waals surface area contributed by atoms with Crippen LogP contribution in [0.5, 0.6) is 5.75 Å². The van der Waals surface area contributed by atoms with Crippen molar-refractivity contribution in [1.29, 1.82) is 0 Å². The van der Waals surface area contributed by atoms with Crippen LogP contribution in [0.1, 0.15) is 44.2 Å². The molecule has 0 fully saturated rings. The quantitative estimate of drug-likeness (QED) is 0.550. The van der Waals surface area contributed by atoms with Crippen molar-refractivity contribution in [3.05, 3.63) is 40.3 Å². The molecule has 0 saturated heterocycles. The maximum Gasteiger partial charge on any atom is 0.326 e. The molecule has 1 atom stereocenters. The van der Waals surface area contributed by atoms with E-state index in [0.717, 1.165) is 57.4 Å². The highest BCUT2D eigenvalue weighted by Crippen LogP contribution is 2.38.